The highest BCUT2D eigenvalue weighted by Gasteiger charge is 2.24. The van der Waals surface area contributed by atoms with E-state index in [1.54, 1.807) is 0 Å². The molecular weight excluding hydrogens is 294 g/mol. The number of amides is 1. The minimum atomic E-state index is -0.302. The van der Waals surface area contributed by atoms with Crippen LogP contribution in [0.2, 0.25) is 0 Å². The maximum atomic E-state index is 11.6. The topological polar surface area (TPSA) is 38.3 Å². The van der Waals surface area contributed by atoms with Gasteiger partial charge in [-0.25, -0.2) is 4.79 Å². The fraction of sp³-hybridized carbons (Fsp3) is 0.500. The number of fused-ring (bicyclic) bond motifs is 1. The summed E-state index contributed by atoms with van der Waals surface area (Å²) in [6.45, 7) is 2.58. The van der Waals surface area contributed by atoms with E-state index in [-0.39, 0.29) is 12.1 Å². The zero-order valence-electron chi connectivity index (χ0n) is 10.5. The first kappa shape index (κ1) is 13.4. The Hall–Kier alpha value is -1.03. The van der Waals surface area contributed by atoms with Crippen LogP contribution < -0.4 is 5.32 Å². The average Bonchev–Trinajstić information content (AvgIpc) is 2.72. The van der Waals surface area contributed by atoms with Gasteiger partial charge >= 0.3 is 6.09 Å². The average molecular weight is 312 g/mol. The summed E-state index contributed by atoms with van der Waals surface area (Å²) in [6.07, 6.45) is 3.61. The summed E-state index contributed by atoms with van der Waals surface area (Å²) in [4.78, 5) is 11.6. The van der Waals surface area contributed by atoms with Crippen molar-refractivity contribution in [1.82, 2.24) is 5.32 Å². The first-order chi connectivity index (χ1) is 8.70. The molecule has 1 N–H and O–H groups in total. The van der Waals surface area contributed by atoms with Gasteiger partial charge < -0.3 is 10.1 Å². The molecule has 1 unspecified atom stereocenters. The van der Waals surface area contributed by atoms with Crippen molar-refractivity contribution in [3.8, 4) is 0 Å². The molecule has 2 rings (SSSR count). The summed E-state index contributed by atoms with van der Waals surface area (Å²) >= 11 is 3.47. The van der Waals surface area contributed by atoms with Gasteiger partial charge in [0, 0.05) is 4.47 Å². The molecule has 1 aromatic carbocycles. The number of benzene rings is 1. The normalized spacial score (nSPS) is 17.3. The van der Waals surface area contributed by atoms with Gasteiger partial charge in [0.2, 0.25) is 0 Å². The number of rotatable bonds is 4. The van der Waals surface area contributed by atoms with E-state index in [4.69, 9.17) is 4.74 Å². The molecule has 0 saturated heterocycles. The minimum Gasteiger partial charge on any atom is -0.450 e. The first-order valence-electron chi connectivity index (χ1n) is 6.42. The molecule has 18 heavy (non-hydrogen) atoms. The summed E-state index contributed by atoms with van der Waals surface area (Å²) in [5.41, 5.74) is 2.52. The van der Waals surface area contributed by atoms with E-state index < -0.39 is 0 Å². The number of hydrogen-bond acceptors (Lipinski definition) is 2. The van der Waals surface area contributed by atoms with Crippen LogP contribution in [0.5, 0.6) is 0 Å². The van der Waals surface area contributed by atoms with Crippen LogP contribution in [-0.2, 0) is 11.2 Å². The van der Waals surface area contributed by atoms with Crippen LogP contribution in [0, 0.1) is 0 Å². The Kier molecular flexibility index (Phi) is 4.64. The van der Waals surface area contributed by atoms with Gasteiger partial charge in [0.25, 0.3) is 0 Å². The van der Waals surface area contributed by atoms with Crippen molar-refractivity contribution in [1.29, 1.82) is 0 Å². The molecule has 0 spiro atoms. The van der Waals surface area contributed by atoms with E-state index in [2.05, 4.69) is 40.3 Å². The Morgan fingerprint density at radius 3 is 3.17 bits per heavy atom. The smallest absolute Gasteiger partial charge is 0.407 e. The van der Waals surface area contributed by atoms with E-state index >= 15 is 0 Å². The summed E-state index contributed by atoms with van der Waals surface area (Å²) in [5.74, 6) is 0. The van der Waals surface area contributed by atoms with Crippen LogP contribution in [0.4, 0.5) is 4.79 Å². The lowest BCUT2D eigenvalue weighted by molar-refractivity contribution is 0.140. The number of alkyl carbamates (subject to hydrolysis) is 1. The van der Waals surface area contributed by atoms with E-state index in [1.807, 2.05) is 6.07 Å². The van der Waals surface area contributed by atoms with Gasteiger partial charge in [0.1, 0.15) is 0 Å². The molecule has 3 nitrogen and oxygen atoms in total. The zero-order valence-corrected chi connectivity index (χ0v) is 12.1. The van der Waals surface area contributed by atoms with Crippen molar-refractivity contribution < 1.29 is 9.53 Å². The molecule has 98 valence electrons. The van der Waals surface area contributed by atoms with Crippen LogP contribution >= 0.6 is 15.9 Å². The van der Waals surface area contributed by atoms with Gasteiger partial charge in [-0.05, 0) is 42.5 Å². The molecule has 1 atom stereocenters. The molecule has 4 heteroatoms. The minimum absolute atomic E-state index is 0.0993. The van der Waals surface area contributed by atoms with Crippen LogP contribution in [0.3, 0.4) is 0 Å². The van der Waals surface area contributed by atoms with Crippen molar-refractivity contribution in [3.63, 3.8) is 0 Å². The molecular formula is C14H18BrNO2. The first-order valence-corrected chi connectivity index (χ1v) is 7.21. The number of ether oxygens (including phenoxy) is 1. The van der Waals surface area contributed by atoms with Gasteiger partial charge in [-0.15, -0.1) is 0 Å². The van der Waals surface area contributed by atoms with Gasteiger partial charge in [-0.1, -0.05) is 35.3 Å². The Morgan fingerprint density at radius 2 is 2.39 bits per heavy atom. The van der Waals surface area contributed by atoms with Gasteiger partial charge in [0.15, 0.2) is 0 Å². The molecule has 1 amide bonds. The van der Waals surface area contributed by atoms with Crippen LogP contribution in [0.1, 0.15) is 43.4 Å². The van der Waals surface area contributed by atoms with Gasteiger partial charge in [-0.2, -0.15) is 0 Å². The third kappa shape index (κ3) is 3.25. The van der Waals surface area contributed by atoms with Crippen LogP contribution in [-0.4, -0.2) is 12.7 Å². The predicted molar refractivity (Wildman–Crippen MR) is 74.6 cm³/mol. The lowest BCUT2D eigenvalue weighted by Crippen LogP contribution is -2.28. The number of carbonyl (C=O) groups excluding carboxylic acids is 1. The quantitative estimate of drug-likeness (QED) is 0.855. The second-order valence-electron chi connectivity index (χ2n) is 4.57. The Labute approximate surface area is 116 Å². The van der Waals surface area contributed by atoms with Gasteiger partial charge in [0.05, 0.1) is 12.6 Å². The Balaban J connectivity index is 1.91. The molecule has 1 aliphatic rings. The molecule has 0 radical (unpaired) electrons. The van der Waals surface area contributed by atoms with E-state index in [0.29, 0.717) is 6.61 Å². The number of hydrogen-bond donors (Lipinski definition) is 1. The Bertz CT molecular complexity index is 434. The van der Waals surface area contributed by atoms with Gasteiger partial charge in [-0.3, -0.25) is 0 Å². The molecule has 0 aliphatic heterocycles. The SMILES string of the molecule is CCCCOC(=O)NC1CCc2cc(Br)ccc21. The van der Waals surface area contributed by atoms with Crippen molar-refractivity contribution in [2.45, 2.75) is 38.6 Å². The van der Waals surface area contributed by atoms with Crippen molar-refractivity contribution >= 4 is 22.0 Å². The fourth-order valence-electron chi connectivity index (χ4n) is 2.23. The summed E-state index contributed by atoms with van der Waals surface area (Å²) in [7, 11) is 0. The largest absolute Gasteiger partial charge is 0.450 e. The number of unbranched alkanes of at least 4 members (excludes halogenated alkanes) is 1. The third-order valence-corrected chi connectivity index (χ3v) is 3.70. The molecule has 1 aromatic rings. The zero-order chi connectivity index (χ0) is 13.0. The van der Waals surface area contributed by atoms with E-state index in [0.717, 1.165) is 30.2 Å². The highest BCUT2D eigenvalue weighted by molar-refractivity contribution is 9.10. The second kappa shape index (κ2) is 6.23. The van der Waals surface area contributed by atoms with Crippen molar-refractivity contribution in [2.75, 3.05) is 6.61 Å². The number of nitrogens with one attached hydrogen (secondary N) is 1. The van der Waals surface area contributed by atoms with Crippen LogP contribution in [0.25, 0.3) is 0 Å². The lowest BCUT2D eigenvalue weighted by atomic mass is 10.1. The standard InChI is InChI=1S/C14H18BrNO2/c1-2-3-8-18-14(17)16-13-7-4-10-9-11(15)5-6-12(10)13/h5-6,9,13H,2-4,7-8H2,1H3,(H,16,17). The van der Waals surface area contributed by atoms with Crippen molar-refractivity contribution in [2.24, 2.45) is 0 Å². The maximum absolute atomic E-state index is 11.6. The molecule has 0 saturated carbocycles. The summed E-state index contributed by atoms with van der Waals surface area (Å²) in [6, 6.07) is 6.31. The number of carbonyl (C=O) groups is 1. The molecule has 0 aromatic heterocycles. The predicted octanol–water partition coefficient (Wildman–Crippen LogP) is 3.96. The number of halogens is 1. The lowest BCUT2D eigenvalue weighted by Gasteiger charge is -2.14. The molecule has 1 aliphatic carbocycles. The summed E-state index contributed by atoms with van der Waals surface area (Å²) in [5, 5.41) is 2.94. The molecule has 0 fully saturated rings. The summed E-state index contributed by atoms with van der Waals surface area (Å²) < 4.78 is 6.21. The maximum Gasteiger partial charge on any atom is 0.407 e. The highest BCUT2D eigenvalue weighted by Crippen LogP contribution is 2.32. The van der Waals surface area contributed by atoms with E-state index in [9.17, 15) is 4.79 Å². The molecule has 0 bridgehead atoms. The van der Waals surface area contributed by atoms with Crippen LogP contribution in [0.15, 0.2) is 22.7 Å². The number of aryl methyl sites for hydroxylation is 1. The fourth-order valence-corrected chi connectivity index (χ4v) is 2.64. The molecule has 0 heterocycles. The third-order valence-electron chi connectivity index (χ3n) is 3.21. The highest BCUT2D eigenvalue weighted by atomic mass is 79.9. The Morgan fingerprint density at radius 1 is 1.56 bits per heavy atom. The van der Waals surface area contributed by atoms with E-state index in [1.165, 1.54) is 11.1 Å². The van der Waals surface area contributed by atoms with Crippen molar-refractivity contribution in [3.05, 3.63) is 33.8 Å². The second-order valence-corrected chi connectivity index (χ2v) is 5.48. The monoisotopic (exact) mass is 311 g/mol.